The molecular weight excluding hydrogens is 378 g/mol. The van der Waals surface area contributed by atoms with Gasteiger partial charge in [-0.1, -0.05) is 11.6 Å². The van der Waals surface area contributed by atoms with Crippen LogP contribution in [-0.4, -0.2) is 21.0 Å². The van der Waals surface area contributed by atoms with Crippen molar-refractivity contribution in [3.8, 4) is 11.3 Å². The van der Waals surface area contributed by atoms with Gasteiger partial charge in [-0.3, -0.25) is 25.7 Å². The predicted octanol–water partition coefficient (Wildman–Crippen LogP) is 4.26. The van der Waals surface area contributed by atoms with E-state index in [4.69, 9.17) is 16.0 Å². The van der Waals surface area contributed by atoms with E-state index in [1.807, 2.05) is 0 Å². The Hall–Kier alpha value is -3.79. The molecule has 27 heavy (non-hydrogen) atoms. The van der Waals surface area contributed by atoms with Gasteiger partial charge in [0.15, 0.2) is 0 Å². The molecule has 0 fully saturated rings. The number of nitrogens with one attached hydrogen (secondary N) is 1. The monoisotopic (exact) mass is 387 g/mol. The summed E-state index contributed by atoms with van der Waals surface area (Å²) in [5.74, 6) is 0.925. The van der Waals surface area contributed by atoms with E-state index >= 15 is 0 Å². The second-order valence-electron chi connectivity index (χ2n) is 5.15. The number of pyridine rings is 1. The molecular formula is C16H10ClN5O5. The van der Waals surface area contributed by atoms with Crippen molar-refractivity contribution in [2.24, 2.45) is 5.10 Å². The fourth-order valence-corrected chi connectivity index (χ4v) is 2.32. The molecule has 1 aromatic carbocycles. The number of aromatic nitrogens is 1. The van der Waals surface area contributed by atoms with Crippen molar-refractivity contribution in [3.63, 3.8) is 0 Å². The summed E-state index contributed by atoms with van der Waals surface area (Å²) in [6, 6.07) is 10.1. The van der Waals surface area contributed by atoms with E-state index in [9.17, 15) is 20.2 Å². The average molecular weight is 388 g/mol. The number of nitro benzene ring substituents is 1. The van der Waals surface area contributed by atoms with E-state index in [0.29, 0.717) is 11.6 Å². The van der Waals surface area contributed by atoms with Crippen molar-refractivity contribution < 1.29 is 14.3 Å². The van der Waals surface area contributed by atoms with E-state index in [-0.39, 0.29) is 27.7 Å². The third-order valence-corrected chi connectivity index (χ3v) is 3.61. The third-order valence-electron chi connectivity index (χ3n) is 3.38. The molecule has 2 heterocycles. The maximum atomic E-state index is 11.2. The van der Waals surface area contributed by atoms with Crippen LogP contribution < -0.4 is 5.43 Å². The van der Waals surface area contributed by atoms with Crippen LogP contribution in [0.2, 0.25) is 5.02 Å². The van der Waals surface area contributed by atoms with E-state index in [1.54, 1.807) is 12.1 Å². The molecule has 0 atom stereocenters. The summed E-state index contributed by atoms with van der Waals surface area (Å²) in [5, 5.41) is 25.9. The van der Waals surface area contributed by atoms with Crippen molar-refractivity contribution in [1.29, 1.82) is 0 Å². The van der Waals surface area contributed by atoms with Gasteiger partial charge in [-0.05, 0) is 30.3 Å². The quantitative estimate of drug-likeness (QED) is 0.379. The van der Waals surface area contributed by atoms with Crippen LogP contribution in [0.15, 0.2) is 58.2 Å². The molecule has 0 spiro atoms. The summed E-state index contributed by atoms with van der Waals surface area (Å²) >= 11 is 5.80. The first kappa shape index (κ1) is 18.0. The Morgan fingerprint density at radius 3 is 2.59 bits per heavy atom. The molecule has 10 nitrogen and oxygen atoms in total. The number of benzene rings is 1. The van der Waals surface area contributed by atoms with Crippen LogP contribution in [0.3, 0.4) is 0 Å². The first-order chi connectivity index (χ1) is 12.9. The van der Waals surface area contributed by atoms with Gasteiger partial charge in [0.25, 0.3) is 11.4 Å². The third kappa shape index (κ3) is 4.25. The van der Waals surface area contributed by atoms with E-state index in [2.05, 4.69) is 15.5 Å². The van der Waals surface area contributed by atoms with Gasteiger partial charge in [0.2, 0.25) is 0 Å². The molecule has 1 N–H and O–H groups in total. The number of rotatable bonds is 6. The number of nitrogens with zero attached hydrogens (tertiary/aromatic N) is 4. The zero-order valence-corrected chi connectivity index (χ0v) is 14.2. The second kappa shape index (κ2) is 7.62. The van der Waals surface area contributed by atoms with Crippen LogP contribution in [-0.2, 0) is 0 Å². The van der Waals surface area contributed by atoms with E-state index in [0.717, 1.165) is 6.20 Å². The summed E-state index contributed by atoms with van der Waals surface area (Å²) in [4.78, 5) is 24.5. The first-order valence-corrected chi connectivity index (χ1v) is 7.75. The number of furan rings is 1. The molecule has 2 aromatic heterocycles. The van der Waals surface area contributed by atoms with Crippen LogP contribution >= 0.6 is 11.6 Å². The number of hydrogen-bond acceptors (Lipinski definition) is 8. The highest BCUT2D eigenvalue weighted by Gasteiger charge is 2.18. The van der Waals surface area contributed by atoms with Gasteiger partial charge in [0.1, 0.15) is 23.5 Å². The van der Waals surface area contributed by atoms with Crippen LogP contribution in [0.1, 0.15) is 5.76 Å². The molecule has 0 radical (unpaired) electrons. The van der Waals surface area contributed by atoms with Crippen LogP contribution in [0.5, 0.6) is 0 Å². The van der Waals surface area contributed by atoms with Crippen molar-refractivity contribution in [3.05, 3.63) is 79.7 Å². The number of anilines is 1. The van der Waals surface area contributed by atoms with Crippen molar-refractivity contribution in [2.75, 3.05) is 5.43 Å². The highest BCUT2D eigenvalue weighted by Crippen LogP contribution is 2.33. The maximum absolute atomic E-state index is 11.2. The minimum Gasteiger partial charge on any atom is -0.455 e. The lowest BCUT2D eigenvalue weighted by Gasteiger charge is -2.00. The van der Waals surface area contributed by atoms with Crippen LogP contribution in [0, 0.1) is 20.2 Å². The summed E-state index contributed by atoms with van der Waals surface area (Å²) in [5.41, 5.74) is 2.57. The van der Waals surface area contributed by atoms with Gasteiger partial charge in [-0.2, -0.15) is 5.10 Å². The average Bonchev–Trinajstić information content (AvgIpc) is 3.10. The molecule has 136 valence electrons. The maximum Gasteiger partial charge on any atom is 0.287 e. The number of halogens is 1. The Morgan fingerprint density at radius 1 is 1.11 bits per heavy atom. The molecule has 3 aromatic rings. The highest BCUT2D eigenvalue weighted by atomic mass is 35.5. The van der Waals surface area contributed by atoms with Gasteiger partial charge < -0.3 is 4.42 Å². The van der Waals surface area contributed by atoms with Crippen LogP contribution in [0.4, 0.5) is 17.2 Å². The van der Waals surface area contributed by atoms with Gasteiger partial charge >= 0.3 is 0 Å². The molecule has 0 aliphatic heterocycles. The molecule has 0 aliphatic carbocycles. The Kier molecular flexibility index (Phi) is 5.08. The van der Waals surface area contributed by atoms with Crippen molar-refractivity contribution in [2.45, 2.75) is 0 Å². The van der Waals surface area contributed by atoms with Crippen LogP contribution in [0.25, 0.3) is 11.3 Å². The Labute approximate surface area is 156 Å². The lowest BCUT2D eigenvalue weighted by molar-refractivity contribution is -0.385. The van der Waals surface area contributed by atoms with E-state index < -0.39 is 9.85 Å². The summed E-state index contributed by atoms with van der Waals surface area (Å²) in [6.07, 6.45) is 2.44. The molecule has 0 aliphatic rings. The lowest BCUT2D eigenvalue weighted by atomic mass is 10.1. The van der Waals surface area contributed by atoms with Crippen molar-refractivity contribution in [1.82, 2.24) is 4.98 Å². The Bertz CT molecular complexity index is 1030. The molecule has 0 saturated carbocycles. The smallest absolute Gasteiger partial charge is 0.287 e. The lowest BCUT2D eigenvalue weighted by Crippen LogP contribution is -1.94. The number of nitro groups is 2. The van der Waals surface area contributed by atoms with Gasteiger partial charge in [-0.15, -0.1) is 0 Å². The standard InChI is InChI=1S/C16H10ClN5O5/c17-10-1-4-13(14(7-10)22(25)26)15-5-3-12(27-15)9-19-20-16-6-2-11(8-18-16)21(23)24/h1-9H,(H,18,20)/b19-9+. The zero-order chi connectivity index (χ0) is 19.4. The molecule has 11 heteroatoms. The fraction of sp³-hybridized carbons (Fsp3) is 0. The van der Waals surface area contributed by atoms with Gasteiger partial charge in [-0.25, -0.2) is 4.98 Å². The molecule has 0 amide bonds. The minimum atomic E-state index is -0.555. The largest absolute Gasteiger partial charge is 0.455 e. The summed E-state index contributed by atoms with van der Waals surface area (Å²) < 4.78 is 5.54. The van der Waals surface area contributed by atoms with Gasteiger partial charge in [0, 0.05) is 17.2 Å². The molecule has 0 saturated heterocycles. The molecule has 0 bridgehead atoms. The SMILES string of the molecule is O=[N+]([O-])c1ccc(N/N=C/c2ccc(-c3ccc(Cl)cc3[N+](=O)[O-])o2)nc1. The highest BCUT2D eigenvalue weighted by molar-refractivity contribution is 6.30. The normalized spacial score (nSPS) is 10.9. The minimum absolute atomic E-state index is 0.134. The Morgan fingerprint density at radius 2 is 1.93 bits per heavy atom. The number of hydrazone groups is 1. The molecule has 3 rings (SSSR count). The van der Waals surface area contributed by atoms with Gasteiger partial charge in [0.05, 0.1) is 21.6 Å². The van der Waals surface area contributed by atoms with E-state index in [1.165, 1.54) is 36.5 Å². The van der Waals surface area contributed by atoms with Crippen molar-refractivity contribution >= 4 is 35.0 Å². The summed E-state index contributed by atoms with van der Waals surface area (Å²) in [6.45, 7) is 0. The summed E-state index contributed by atoms with van der Waals surface area (Å²) in [7, 11) is 0. The second-order valence-corrected chi connectivity index (χ2v) is 5.59. The molecule has 0 unspecified atom stereocenters. The zero-order valence-electron chi connectivity index (χ0n) is 13.4. The first-order valence-electron chi connectivity index (χ1n) is 7.38. The topological polar surface area (TPSA) is 137 Å². The Balaban J connectivity index is 1.74. The predicted molar refractivity (Wildman–Crippen MR) is 97.9 cm³/mol. The fourth-order valence-electron chi connectivity index (χ4n) is 2.15. The number of hydrogen-bond donors (Lipinski definition) is 1.